The number of hydrogen-bond donors (Lipinski definition) is 0. The molecular weight excluding hydrogens is 524 g/mol. The smallest absolute Gasteiger partial charge is 0.330 e. The number of allylic oxidation sites excluding steroid dienone is 2. The number of ether oxygens (including phenoxy) is 6. The van der Waals surface area contributed by atoms with Crippen LogP contribution in [0, 0.1) is 0 Å². The standard InChI is InChI=1S/C33H44O8/c1-7-11-31(34)40-23-29(36-9-3)21-38-27-17-13-25(14-18-27)33(5,6)26-15-19-28(20-16-26)39-22-30(37-10-4)24-41-32(35)12-8-2/h7-8,11-20,29-30H,9-10,21-24H2,1-6H3. The Labute approximate surface area is 244 Å². The molecule has 8 nitrogen and oxygen atoms in total. The molecule has 0 saturated heterocycles. The van der Waals surface area contributed by atoms with Gasteiger partial charge in [0.05, 0.1) is 0 Å². The molecule has 2 rings (SSSR count). The monoisotopic (exact) mass is 568 g/mol. The first kappa shape index (κ1) is 33.6. The van der Waals surface area contributed by atoms with Crippen LogP contribution in [0.2, 0.25) is 0 Å². The first-order valence-electron chi connectivity index (χ1n) is 14.0. The zero-order valence-corrected chi connectivity index (χ0v) is 25.1. The second-order valence-corrected chi connectivity index (χ2v) is 9.71. The van der Waals surface area contributed by atoms with Crippen molar-refractivity contribution in [1.29, 1.82) is 0 Å². The lowest BCUT2D eigenvalue weighted by Gasteiger charge is -2.27. The highest BCUT2D eigenvalue weighted by atomic mass is 16.6. The van der Waals surface area contributed by atoms with E-state index < -0.39 is 11.9 Å². The molecular formula is C33H44O8. The van der Waals surface area contributed by atoms with Crippen molar-refractivity contribution in [2.24, 2.45) is 0 Å². The highest BCUT2D eigenvalue weighted by Gasteiger charge is 2.23. The predicted molar refractivity (Wildman–Crippen MR) is 158 cm³/mol. The van der Waals surface area contributed by atoms with Crippen molar-refractivity contribution in [3.8, 4) is 11.5 Å². The van der Waals surface area contributed by atoms with Crippen LogP contribution in [-0.4, -0.2) is 63.8 Å². The average Bonchev–Trinajstić information content (AvgIpc) is 2.96. The molecule has 8 heteroatoms. The summed E-state index contributed by atoms with van der Waals surface area (Å²) in [7, 11) is 0. The van der Waals surface area contributed by atoms with Gasteiger partial charge in [-0.1, -0.05) is 50.3 Å². The topological polar surface area (TPSA) is 89.5 Å². The van der Waals surface area contributed by atoms with E-state index in [2.05, 4.69) is 13.8 Å². The second-order valence-electron chi connectivity index (χ2n) is 9.71. The summed E-state index contributed by atoms with van der Waals surface area (Å²) in [5.74, 6) is 0.609. The van der Waals surface area contributed by atoms with Gasteiger partial charge in [0.15, 0.2) is 0 Å². The largest absolute Gasteiger partial charge is 0.491 e. The molecule has 0 N–H and O–H groups in total. The fourth-order valence-corrected chi connectivity index (χ4v) is 3.96. The van der Waals surface area contributed by atoms with Crippen molar-refractivity contribution in [2.75, 3.05) is 39.6 Å². The van der Waals surface area contributed by atoms with Crippen LogP contribution in [0.1, 0.15) is 52.7 Å². The molecule has 0 aromatic heterocycles. The van der Waals surface area contributed by atoms with Gasteiger partial charge < -0.3 is 28.4 Å². The Balaban J connectivity index is 1.95. The fraction of sp³-hybridized carbons (Fsp3) is 0.455. The molecule has 0 fully saturated rings. The van der Waals surface area contributed by atoms with Gasteiger partial charge in [-0.25, -0.2) is 9.59 Å². The summed E-state index contributed by atoms with van der Waals surface area (Å²) in [5.41, 5.74) is 1.99. The molecule has 0 radical (unpaired) electrons. The Hall–Kier alpha value is -3.62. The third-order valence-electron chi connectivity index (χ3n) is 6.26. The summed E-state index contributed by atoms with van der Waals surface area (Å²) < 4.78 is 33.5. The van der Waals surface area contributed by atoms with Gasteiger partial charge in [0.25, 0.3) is 0 Å². The lowest BCUT2D eigenvalue weighted by molar-refractivity contribution is -0.143. The van der Waals surface area contributed by atoms with Gasteiger partial charge in [-0.2, -0.15) is 0 Å². The molecule has 0 aliphatic carbocycles. The Morgan fingerprint density at radius 2 is 1.02 bits per heavy atom. The van der Waals surface area contributed by atoms with Gasteiger partial charge >= 0.3 is 11.9 Å². The van der Waals surface area contributed by atoms with E-state index in [0.717, 1.165) is 11.1 Å². The highest BCUT2D eigenvalue weighted by molar-refractivity contribution is 5.82. The normalized spacial score (nSPS) is 13.2. The molecule has 41 heavy (non-hydrogen) atoms. The molecule has 0 bridgehead atoms. The summed E-state index contributed by atoms with van der Waals surface area (Å²) in [6.07, 6.45) is 5.29. The van der Waals surface area contributed by atoms with Crippen molar-refractivity contribution in [2.45, 2.75) is 59.2 Å². The Bertz CT molecular complexity index is 1020. The van der Waals surface area contributed by atoms with Gasteiger partial charge in [-0.3, -0.25) is 0 Å². The minimum Gasteiger partial charge on any atom is -0.491 e. The van der Waals surface area contributed by atoms with Gasteiger partial charge in [0.2, 0.25) is 0 Å². The Kier molecular flexibility index (Phi) is 14.7. The van der Waals surface area contributed by atoms with Crippen LogP contribution in [0.25, 0.3) is 0 Å². The maximum Gasteiger partial charge on any atom is 0.330 e. The molecule has 2 atom stereocenters. The summed E-state index contributed by atoms with van der Waals surface area (Å²) in [6, 6.07) is 15.9. The second kappa shape index (κ2) is 17.9. The number of rotatable bonds is 18. The minimum absolute atomic E-state index is 0.123. The van der Waals surface area contributed by atoms with Gasteiger partial charge in [-0.15, -0.1) is 0 Å². The number of carbonyl (C=O) groups is 2. The molecule has 0 heterocycles. The summed E-state index contributed by atoms with van der Waals surface area (Å²) in [6.45, 7) is 13.4. The molecule has 0 aliphatic rings. The number of hydrogen-bond acceptors (Lipinski definition) is 8. The number of carbonyl (C=O) groups excluding carboxylic acids is 2. The number of benzene rings is 2. The van der Waals surface area contributed by atoms with E-state index in [1.165, 1.54) is 12.2 Å². The highest BCUT2D eigenvalue weighted by Crippen LogP contribution is 2.33. The van der Waals surface area contributed by atoms with Crippen LogP contribution < -0.4 is 9.47 Å². The van der Waals surface area contributed by atoms with Crippen molar-refractivity contribution in [3.05, 3.63) is 84.0 Å². The van der Waals surface area contributed by atoms with Crippen LogP contribution in [-0.2, 0) is 34.0 Å². The van der Waals surface area contributed by atoms with Crippen molar-refractivity contribution in [1.82, 2.24) is 0 Å². The molecule has 2 aromatic carbocycles. The summed E-state index contributed by atoms with van der Waals surface area (Å²) in [5, 5.41) is 0. The molecule has 0 saturated carbocycles. The quantitative estimate of drug-likeness (QED) is 0.164. The third kappa shape index (κ3) is 11.8. The molecule has 2 aromatic rings. The van der Waals surface area contributed by atoms with Crippen LogP contribution >= 0.6 is 0 Å². The van der Waals surface area contributed by atoms with E-state index in [-0.39, 0.29) is 44.1 Å². The first-order valence-corrected chi connectivity index (χ1v) is 14.0. The average molecular weight is 569 g/mol. The Morgan fingerprint density at radius 3 is 1.34 bits per heavy atom. The zero-order chi connectivity index (χ0) is 30.1. The van der Waals surface area contributed by atoms with Crippen molar-refractivity contribution < 1.29 is 38.0 Å². The van der Waals surface area contributed by atoms with Gasteiger partial charge in [-0.05, 0) is 63.1 Å². The maximum atomic E-state index is 11.6. The van der Waals surface area contributed by atoms with Crippen LogP contribution in [0.3, 0.4) is 0 Å². The molecule has 0 aliphatic heterocycles. The van der Waals surface area contributed by atoms with Crippen LogP contribution in [0.4, 0.5) is 0 Å². The maximum absolute atomic E-state index is 11.6. The van der Waals surface area contributed by atoms with Gasteiger partial charge in [0.1, 0.15) is 50.1 Å². The SMILES string of the molecule is CC=CC(=O)OCC(COc1ccc(C(C)(C)c2ccc(OCC(COC(=O)C=CC)OCC)cc2)cc1)OCC. The van der Waals surface area contributed by atoms with E-state index in [1.807, 2.05) is 62.4 Å². The van der Waals surface area contributed by atoms with E-state index >= 15 is 0 Å². The Morgan fingerprint density at radius 1 is 0.659 bits per heavy atom. The minimum atomic E-state index is -0.402. The predicted octanol–water partition coefficient (Wildman–Crippen LogP) is 5.82. The lowest BCUT2D eigenvalue weighted by atomic mass is 9.78. The first-order chi connectivity index (χ1) is 19.7. The summed E-state index contributed by atoms with van der Waals surface area (Å²) >= 11 is 0. The fourth-order valence-electron chi connectivity index (χ4n) is 3.96. The van der Waals surface area contributed by atoms with Crippen molar-refractivity contribution >= 4 is 11.9 Å². The summed E-state index contributed by atoms with van der Waals surface area (Å²) in [4.78, 5) is 23.2. The van der Waals surface area contributed by atoms with E-state index in [1.54, 1.807) is 26.0 Å². The molecule has 2 unspecified atom stereocenters. The third-order valence-corrected chi connectivity index (χ3v) is 6.26. The zero-order valence-electron chi connectivity index (χ0n) is 25.1. The van der Waals surface area contributed by atoms with E-state index in [0.29, 0.717) is 24.7 Å². The van der Waals surface area contributed by atoms with E-state index in [9.17, 15) is 9.59 Å². The molecule has 0 amide bonds. The molecule has 224 valence electrons. The lowest BCUT2D eigenvalue weighted by Crippen LogP contribution is -2.28. The van der Waals surface area contributed by atoms with Crippen LogP contribution in [0.15, 0.2) is 72.8 Å². The van der Waals surface area contributed by atoms with E-state index in [4.69, 9.17) is 28.4 Å². The van der Waals surface area contributed by atoms with Crippen LogP contribution in [0.5, 0.6) is 11.5 Å². The molecule has 0 spiro atoms. The number of esters is 2. The van der Waals surface area contributed by atoms with Crippen molar-refractivity contribution in [3.63, 3.8) is 0 Å². The van der Waals surface area contributed by atoms with Gasteiger partial charge in [0, 0.05) is 30.8 Å².